The van der Waals surface area contributed by atoms with E-state index in [-0.39, 0.29) is 17.9 Å². The number of esters is 1. The van der Waals surface area contributed by atoms with Crippen LogP contribution in [0.2, 0.25) is 0 Å². The Morgan fingerprint density at radius 1 is 0.750 bits per heavy atom. The average molecular weight is 513 g/mol. The molecule has 0 radical (unpaired) electrons. The van der Waals surface area contributed by atoms with E-state index in [9.17, 15) is 26.7 Å². The van der Waals surface area contributed by atoms with Crippen molar-refractivity contribution in [2.24, 2.45) is 0 Å². The van der Waals surface area contributed by atoms with Crippen molar-refractivity contribution in [2.45, 2.75) is 51.6 Å². The Kier molecular flexibility index (Phi) is 12.0. The maximum Gasteiger partial charge on any atom is 0.342 e. The van der Waals surface area contributed by atoms with Crippen LogP contribution in [0, 0.1) is 29.1 Å². The average Bonchev–Trinajstić information content (AvgIpc) is 2.88. The van der Waals surface area contributed by atoms with Gasteiger partial charge in [0, 0.05) is 0 Å². The van der Waals surface area contributed by atoms with Crippen molar-refractivity contribution in [1.82, 2.24) is 0 Å². The molecule has 196 valence electrons. The molecule has 0 aliphatic rings. The molecule has 0 heterocycles. The van der Waals surface area contributed by atoms with Gasteiger partial charge in [-0.3, -0.25) is 0 Å². The highest BCUT2D eigenvalue weighted by Gasteiger charge is 2.27. The van der Waals surface area contributed by atoms with E-state index >= 15 is 0 Å². The topological polar surface area (TPSA) is 44.8 Å². The van der Waals surface area contributed by atoms with E-state index in [1.165, 1.54) is 12.1 Å². The molecule has 0 amide bonds. The Morgan fingerprint density at radius 3 is 1.94 bits per heavy atom. The van der Waals surface area contributed by atoms with Gasteiger partial charge in [0.05, 0.1) is 18.8 Å². The van der Waals surface area contributed by atoms with Crippen molar-refractivity contribution in [3.63, 3.8) is 0 Å². The Hall–Kier alpha value is -3.36. The number of carbonyl (C=O) groups excluding carboxylic acids is 1. The van der Waals surface area contributed by atoms with Gasteiger partial charge < -0.3 is 14.2 Å². The minimum absolute atomic E-state index is 0.103. The monoisotopic (exact) mass is 512 g/mol. The Balaban J connectivity index is 2.16. The summed E-state index contributed by atoms with van der Waals surface area (Å²) < 4.78 is 84.3. The third-order valence-electron chi connectivity index (χ3n) is 5.20. The van der Waals surface area contributed by atoms with Gasteiger partial charge in [0.15, 0.2) is 23.3 Å². The lowest BCUT2D eigenvalue weighted by molar-refractivity contribution is 0.0456. The second-order valence-electron chi connectivity index (χ2n) is 7.90. The van der Waals surface area contributed by atoms with Crippen molar-refractivity contribution in [2.75, 3.05) is 13.2 Å². The van der Waals surface area contributed by atoms with E-state index in [2.05, 4.69) is 13.2 Å². The van der Waals surface area contributed by atoms with Gasteiger partial charge in [-0.15, -0.1) is 13.2 Å². The minimum Gasteiger partial charge on any atom is -0.494 e. The number of ether oxygens (including phenoxy) is 3. The number of halogens is 5. The second kappa shape index (κ2) is 14.9. The summed E-state index contributed by atoms with van der Waals surface area (Å²) in [5.41, 5.74) is -1.35. The zero-order valence-electron chi connectivity index (χ0n) is 19.9. The summed E-state index contributed by atoms with van der Waals surface area (Å²) in [6.07, 6.45) is 9.43. The maximum atomic E-state index is 14.0. The van der Waals surface area contributed by atoms with E-state index in [0.717, 1.165) is 38.5 Å². The van der Waals surface area contributed by atoms with Crippen LogP contribution in [0.1, 0.15) is 60.9 Å². The van der Waals surface area contributed by atoms with E-state index in [1.54, 1.807) is 12.1 Å². The normalized spacial score (nSPS) is 10.7. The molecule has 0 saturated heterocycles. The van der Waals surface area contributed by atoms with Gasteiger partial charge in [-0.2, -0.15) is 0 Å². The molecule has 0 atom stereocenters. The van der Waals surface area contributed by atoms with E-state index < -0.39 is 47.2 Å². The van der Waals surface area contributed by atoms with Crippen LogP contribution in [-0.4, -0.2) is 19.2 Å². The molecule has 0 aromatic heterocycles. The Labute approximate surface area is 207 Å². The number of hydrogen-bond donors (Lipinski definition) is 0. The highest BCUT2D eigenvalue weighted by molar-refractivity contribution is 5.93. The van der Waals surface area contributed by atoms with Crippen molar-refractivity contribution in [1.29, 1.82) is 0 Å². The molecular formula is C27H29F5O4. The fourth-order valence-electron chi connectivity index (χ4n) is 3.21. The third-order valence-corrected chi connectivity index (χ3v) is 5.20. The molecule has 0 aliphatic heterocycles. The summed E-state index contributed by atoms with van der Waals surface area (Å²) in [7, 11) is 0. The third kappa shape index (κ3) is 8.10. The zero-order chi connectivity index (χ0) is 26.5. The summed E-state index contributed by atoms with van der Waals surface area (Å²) in [6, 6.07) is 4.45. The van der Waals surface area contributed by atoms with Gasteiger partial charge in [0.1, 0.15) is 23.7 Å². The SMILES string of the molecule is C=CCCCCCOc1ccc(OCCCCC=C)cc1C(=O)OCc1c(F)c(F)c(F)c(F)c1F. The molecule has 2 aromatic rings. The zero-order valence-corrected chi connectivity index (χ0v) is 19.9. The first-order chi connectivity index (χ1) is 17.3. The van der Waals surface area contributed by atoms with Crippen LogP contribution in [0.3, 0.4) is 0 Å². The number of hydrogen-bond acceptors (Lipinski definition) is 4. The maximum absolute atomic E-state index is 14.0. The lowest BCUT2D eigenvalue weighted by Crippen LogP contribution is -2.13. The van der Waals surface area contributed by atoms with Gasteiger partial charge in [-0.05, 0) is 63.1 Å². The molecule has 2 rings (SSSR count). The predicted octanol–water partition coefficient (Wildman–Crippen LogP) is 7.60. The molecular weight excluding hydrogens is 483 g/mol. The van der Waals surface area contributed by atoms with Crippen LogP contribution in [0.5, 0.6) is 11.5 Å². The summed E-state index contributed by atoms with van der Waals surface area (Å²) in [5, 5.41) is 0. The molecule has 9 heteroatoms. The quantitative estimate of drug-likeness (QED) is 0.0580. The van der Waals surface area contributed by atoms with Crippen molar-refractivity contribution >= 4 is 5.97 Å². The highest BCUT2D eigenvalue weighted by Crippen LogP contribution is 2.28. The molecule has 0 unspecified atom stereocenters. The first-order valence-electron chi connectivity index (χ1n) is 11.6. The van der Waals surface area contributed by atoms with Gasteiger partial charge >= 0.3 is 5.97 Å². The van der Waals surface area contributed by atoms with Crippen molar-refractivity contribution in [3.8, 4) is 11.5 Å². The van der Waals surface area contributed by atoms with E-state index in [0.29, 0.717) is 18.8 Å². The van der Waals surface area contributed by atoms with E-state index in [1.807, 2.05) is 6.08 Å². The lowest BCUT2D eigenvalue weighted by Gasteiger charge is -2.14. The molecule has 0 spiro atoms. The van der Waals surface area contributed by atoms with Crippen LogP contribution in [0.4, 0.5) is 22.0 Å². The number of rotatable bonds is 16. The fourth-order valence-corrected chi connectivity index (χ4v) is 3.21. The number of unbranched alkanes of at least 4 members (excludes halogenated alkanes) is 5. The molecule has 36 heavy (non-hydrogen) atoms. The highest BCUT2D eigenvalue weighted by atomic mass is 19.2. The Bertz CT molecular complexity index is 1030. The Morgan fingerprint density at radius 2 is 1.31 bits per heavy atom. The number of benzene rings is 2. The summed E-state index contributed by atoms with van der Waals surface area (Å²) in [6.45, 7) is 6.80. The first-order valence-corrected chi connectivity index (χ1v) is 11.6. The van der Waals surface area contributed by atoms with Gasteiger partial charge in [0.2, 0.25) is 5.82 Å². The number of carbonyl (C=O) groups is 1. The van der Waals surface area contributed by atoms with Crippen molar-refractivity contribution < 1.29 is 41.0 Å². The van der Waals surface area contributed by atoms with Crippen LogP contribution < -0.4 is 9.47 Å². The van der Waals surface area contributed by atoms with E-state index in [4.69, 9.17) is 14.2 Å². The van der Waals surface area contributed by atoms with Crippen LogP contribution in [0.15, 0.2) is 43.5 Å². The summed E-state index contributed by atoms with van der Waals surface area (Å²) >= 11 is 0. The summed E-state index contributed by atoms with van der Waals surface area (Å²) in [5.74, 6) is -11.3. The molecule has 0 saturated carbocycles. The molecule has 4 nitrogen and oxygen atoms in total. The smallest absolute Gasteiger partial charge is 0.342 e. The number of allylic oxidation sites excluding steroid dienone is 2. The van der Waals surface area contributed by atoms with Crippen molar-refractivity contribution in [3.05, 3.63) is 83.7 Å². The molecule has 0 bridgehead atoms. The van der Waals surface area contributed by atoms with Gasteiger partial charge in [0.25, 0.3) is 0 Å². The summed E-state index contributed by atoms with van der Waals surface area (Å²) in [4.78, 5) is 12.8. The van der Waals surface area contributed by atoms with Gasteiger partial charge in [-0.25, -0.2) is 26.7 Å². The molecule has 0 aliphatic carbocycles. The molecule has 0 fully saturated rings. The van der Waals surface area contributed by atoms with Crippen LogP contribution in [-0.2, 0) is 11.3 Å². The van der Waals surface area contributed by atoms with Crippen LogP contribution >= 0.6 is 0 Å². The van der Waals surface area contributed by atoms with Gasteiger partial charge in [-0.1, -0.05) is 12.2 Å². The first kappa shape index (κ1) is 28.9. The molecule has 2 aromatic carbocycles. The largest absolute Gasteiger partial charge is 0.494 e. The standard InChI is InChI=1S/C27H29F5O4/c1-3-5-7-9-11-15-35-21-13-12-18(34-14-10-8-6-4-2)16-19(21)27(33)36-17-20-22(28)24(30)26(32)25(31)23(20)29/h3-4,12-13,16H,1-2,5-11,14-15,17H2. The second-order valence-corrected chi connectivity index (χ2v) is 7.90. The predicted molar refractivity (Wildman–Crippen MR) is 125 cm³/mol. The fraction of sp³-hybridized carbons (Fsp3) is 0.370. The van der Waals surface area contributed by atoms with Crippen LogP contribution in [0.25, 0.3) is 0 Å². The minimum atomic E-state index is -2.29. The lowest BCUT2D eigenvalue weighted by atomic mass is 10.1. The molecule has 0 N–H and O–H groups in total.